The number of nitrogens with one attached hydrogen (secondary N) is 1. The number of carbonyl (C=O) groups is 2. The molecule has 0 aromatic rings. The number of amides is 1. The molecule has 3 N–H and O–H groups in total. The van der Waals surface area contributed by atoms with Crippen LogP contribution in [0, 0.1) is 0 Å². The van der Waals surface area contributed by atoms with E-state index in [-0.39, 0.29) is 18.5 Å². The second-order valence-electron chi connectivity index (χ2n) is 26.7. The van der Waals surface area contributed by atoms with Gasteiger partial charge in [-0.15, -0.1) is 0 Å². The average Bonchev–Trinajstić information content (AvgIpc) is 3.50. The van der Waals surface area contributed by atoms with E-state index < -0.39 is 12.1 Å². The van der Waals surface area contributed by atoms with Crippen molar-refractivity contribution in [3.63, 3.8) is 0 Å². The van der Waals surface area contributed by atoms with Crippen LogP contribution < -0.4 is 5.32 Å². The SMILES string of the molecule is CCCCC/C=C\C/C=C\CCCCCCCCCCCC(=O)OCCCCCCCCCCCCCC/C=C\CCCCCCCCCCCCCCCC(=O)NC(CO)C(O)CCCCCCCCCCCCCCCCCCCCCC. The van der Waals surface area contributed by atoms with Crippen molar-refractivity contribution in [2.45, 2.75) is 443 Å². The quantitative estimate of drug-likeness (QED) is 0.0320. The van der Waals surface area contributed by atoms with Gasteiger partial charge in [-0.25, -0.2) is 0 Å². The fourth-order valence-electron chi connectivity index (χ4n) is 12.3. The summed E-state index contributed by atoms with van der Waals surface area (Å²) in [7, 11) is 0. The van der Waals surface area contributed by atoms with E-state index in [1.165, 1.54) is 347 Å². The zero-order chi connectivity index (χ0) is 61.3. The van der Waals surface area contributed by atoms with Gasteiger partial charge in [0.1, 0.15) is 0 Å². The summed E-state index contributed by atoms with van der Waals surface area (Å²) in [6.07, 6.45) is 96.5. The number of allylic oxidation sites excluding steroid dienone is 6. The molecule has 502 valence electrons. The van der Waals surface area contributed by atoms with Crippen molar-refractivity contribution in [1.29, 1.82) is 0 Å². The highest BCUT2D eigenvalue weighted by Crippen LogP contribution is 2.19. The normalized spacial score (nSPS) is 12.7. The molecular weight excluding hydrogens is 1040 g/mol. The Hall–Kier alpha value is -1.92. The summed E-state index contributed by atoms with van der Waals surface area (Å²) >= 11 is 0. The molecule has 0 aliphatic carbocycles. The van der Waals surface area contributed by atoms with Gasteiger partial charge in [0, 0.05) is 12.8 Å². The van der Waals surface area contributed by atoms with E-state index in [0.29, 0.717) is 25.9 Å². The Kier molecular flexibility index (Phi) is 72.9. The van der Waals surface area contributed by atoms with E-state index in [2.05, 4.69) is 55.6 Å². The molecule has 0 bridgehead atoms. The van der Waals surface area contributed by atoms with Crippen LogP contribution in [0.2, 0.25) is 0 Å². The van der Waals surface area contributed by atoms with Gasteiger partial charge in [-0.1, -0.05) is 371 Å². The van der Waals surface area contributed by atoms with Gasteiger partial charge < -0.3 is 20.3 Å². The number of rotatable bonds is 73. The zero-order valence-corrected chi connectivity index (χ0v) is 57.6. The van der Waals surface area contributed by atoms with E-state index in [1.54, 1.807) is 0 Å². The molecule has 0 spiro atoms. The fraction of sp³-hybridized carbons (Fsp3) is 0.899. The maximum absolute atomic E-state index is 12.6. The predicted octanol–water partition coefficient (Wildman–Crippen LogP) is 25.4. The van der Waals surface area contributed by atoms with Crippen LogP contribution >= 0.6 is 0 Å². The first kappa shape index (κ1) is 83.1. The maximum Gasteiger partial charge on any atom is 0.305 e. The van der Waals surface area contributed by atoms with Crippen LogP contribution in [0.4, 0.5) is 0 Å². The zero-order valence-electron chi connectivity index (χ0n) is 57.6. The van der Waals surface area contributed by atoms with Gasteiger partial charge in [-0.05, 0) is 83.5 Å². The first-order valence-electron chi connectivity index (χ1n) is 38.7. The number of esters is 1. The summed E-state index contributed by atoms with van der Waals surface area (Å²) in [6, 6.07) is -0.542. The minimum Gasteiger partial charge on any atom is -0.466 e. The van der Waals surface area contributed by atoms with Gasteiger partial charge in [0.25, 0.3) is 0 Å². The van der Waals surface area contributed by atoms with Crippen LogP contribution in [-0.4, -0.2) is 47.4 Å². The van der Waals surface area contributed by atoms with Crippen molar-refractivity contribution in [2.24, 2.45) is 0 Å². The second-order valence-corrected chi connectivity index (χ2v) is 26.7. The highest BCUT2D eigenvalue weighted by molar-refractivity contribution is 5.76. The van der Waals surface area contributed by atoms with Crippen molar-refractivity contribution in [1.82, 2.24) is 5.32 Å². The van der Waals surface area contributed by atoms with Crippen LogP contribution in [0.25, 0.3) is 0 Å². The summed E-state index contributed by atoms with van der Waals surface area (Å²) < 4.78 is 5.51. The molecule has 6 nitrogen and oxygen atoms in total. The smallest absolute Gasteiger partial charge is 0.305 e. The lowest BCUT2D eigenvalue weighted by atomic mass is 10.0. The van der Waals surface area contributed by atoms with Crippen LogP contribution in [0.3, 0.4) is 0 Å². The van der Waals surface area contributed by atoms with E-state index in [4.69, 9.17) is 4.74 Å². The molecule has 0 aromatic carbocycles. The number of hydrogen-bond donors (Lipinski definition) is 3. The third-order valence-electron chi connectivity index (χ3n) is 18.2. The summed E-state index contributed by atoms with van der Waals surface area (Å²) in [6.45, 7) is 4.97. The van der Waals surface area contributed by atoms with Crippen LogP contribution in [0.5, 0.6) is 0 Å². The molecule has 0 saturated carbocycles. The third-order valence-corrected chi connectivity index (χ3v) is 18.2. The van der Waals surface area contributed by atoms with Gasteiger partial charge in [0.15, 0.2) is 0 Å². The lowest BCUT2D eigenvalue weighted by molar-refractivity contribution is -0.143. The molecule has 0 heterocycles. The van der Waals surface area contributed by atoms with Crippen molar-refractivity contribution < 1.29 is 24.5 Å². The van der Waals surface area contributed by atoms with Gasteiger partial charge in [0.05, 0.1) is 25.4 Å². The Balaban J connectivity index is 3.36. The fourth-order valence-corrected chi connectivity index (χ4v) is 12.3. The van der Waals surface area contributed by atoms with Gasteiger partial charge in [0.2, 0.25) is 5.91 Å². The number of carbonyl (C=O) groups excluding carboxylic acids is 2. The van der Waals surface area contributed by atoms with Gasteiger partial charge in [-0.3, -0.25) is 9.59 Å². The first-order chi connectivity index (χ1) is 42.0. The van der Waals surface area contributed by atoms with E-state index in [0.717, 1.165) is 51.4 Å². The minimum atomic E-state index is -0.665. The summed E-state index contributed by atoms with van der Waals surface area (Å²) in [4.78, 5) is 24.7. The molecule has 2 atom stereocenters. The van der Waals surface area contributed by atoms with Crippen molar-refractivity contribution in [3.05, 3.63) is 36.5 Å². The molecule has 6 heteroatoms. The number of ether oxygens (including phenoxy) is 1. The number of unbranched alkanes of at least 4 members (excludes halogenated alkanes) is 56. The Labute approximate surface area is 532 Å². The Bertz CT molecular complexity index is 1380. The van der Waals surface area contributed by atoms with Crippen molar-refractivity contribution >= 4 is 11.9 Å². The molecule has 0 radical (unpaired) electrons. The van der Waals surface area contributed by atoms with Crippen LogP contribution in [-0.2, 0) is 14.3 Å². The lowest BCUT2D eigenvalue weighted by Gasteiger charge is -2.22. The topological polar surface area (TPSA) is 95.9 Å². The highest BCUT2D eigenvalue weighted by Gasteiger charge is 2.20. The summed E-state index contributed by atoms with van der Waals surface area (Å²) in [5.74, 6) is -0.0162. The van der Waals surface area contributed by atoms with Crippen molar-refractivity contribution in [2.75, 3.05) is 13.2 Å². The Morgan fingerprint density at radius 3 is 0.929 bits per heavy atom. The molecule has 1 amide bonds. The largest absolute Gasteiger partial charge is 0.466 e. The van der Waals surface area contributed by atoms with E-state index in [1.807, 2.05) is 0 Å². The summed E-state index contributed by atoms with van der Waals surface area (Å²) in [5.41, 5.74) is 0. The van der Waals surface area contributed by atoms with E-state index >= 15 is 0 Å². The van der Waals surface area contributed by atoms with Crippen LogP contribution in [0.15, 0.2) is 36.5 Å². The Morgan fingerprint density at radius 2 is 0.588 bits per heavy atom. The Morgan fingerprint density at radius 1 is 0.329 bits per heavy atom. The molecular formula is C79H151NO5. The van der Waals surface area contributed by atoms with Crippen LogP contribution in [0.1, 0.15) is 431 Å². The minimum absolute atomic E-state index is 0.0135. The third kappa shape index (κ3) is 71.0. The molecule has 0 aliphatic rings. The van der Waals surface area contributed by atoms with Crippen molar-refractivity contribution in [3.8, 4) is 0 Å². The van der Waals surface area contributed by atoms with E-state index in [9.17, 15) is 19.8 Å². The molecule has 2 unspecified atom stereocenters. The van der Waals surface area contributed by atoms with Gasteiger partial charge in [-0.2, -0.15) is 0 Å². The molecule has 0 rings (SSSR count). The van der Waals surface area contributed by atoms with Gasteiger partial charge >= 0.3 is 5.97 Å². The molecule has 0 fully saturated rings. The number of aliphatic hydroxyl groups is 2. The molecule has 85 heavy (non-hydrogen) atoms. The maximum atomic E-state index is 12.6. The lowest BCUT2D eigenvalue weighted by Crippen LogP contribution is -2.45. The number of aliphatic hydroxyl groups excluding tert-OH is 2. The number of hydrogen-bond acceptors (Lipinski definition) is 5. The molecule has 0 aliphatic heterocycles. The molecule has 0 saturated heterocycles. The summed E-state index contributed by atoms with van der Waals surface area (Å²) in [5, 5.41) is 23.4. The second kappa shape index (κ2) is 74.5. The first-order valence-corrected chi connectivity index (χ1v) is 38.7. The monoisotopic (exact) mass is 1190 g/mol. The standard InChI is InChI=1S/C79H151NO5/c1-3-5-7-9-11-13-15-17-19-21-23-36-39-43-47-51-55-59-63-67-71-77(82)76(75-81)80-78(83)72-68-64-60-56-52-48-44-40-37-33-31-29-27-25-24-26-28-30-32-34-38-42-46-50-54-58-62-66-70-74-85-79(84)73-69-65-61-57-53-49-45-41-35-22-20-18-16-14-12-10-8-6-4-2/h12,14,18,20,24,26,76-77,81-82H,3-11,13,15-17,19,21-23,25,27-75H2,1-2H3,(H,80,83)/b14-12-,20-18-,26-24-. The highest BCUT2D eigenvalue weighted by atomic mass is 16.5. The average molecular weight is 1200 g/mol. The predicted molar refractivity (Wildman–Crippen MR) is 375 cm³/mol. The molecule has 0 aromatic heterocycles.